The minimum atomic E-state index is -1.10. The summed E-state index contributed by atoms with van der Waals surface area (Å²) in [5, 5.41) is 30.2. The fraction of sp³-hybridized carbons (Fsp3) is 0.758. The minimum absolute atomic E-state index is 0.0823. The van der Waals surface area contributed by atoms with Crippen LogP contribution < -0.4 is 10.6 Å². The SMILES string of the molecule is C#C[C@@]1(O)CC[C@H]2[C@@H]3CCC4=C/C(=N/OCC(=O)NC(C(=O)NC(CCSC)C(=O)O)C(C)C)CC[C@]4(C)[C@H]3CC[C@@]21C. The van der Waals surface area contributed by atoms with Gasteiger partial charge in [0.2, 0.25) is 5.91 Å². The predicted molar refractivity (Wildman–Crippen MR) is 168 cm³/mol. The van der Waals surface area contributed by atoms with Gasteiger partial charge in [-0.25, -0.2) is 4.79 Å². The quantitative estimate of drug-likeness (QED) is 0.202. The highest BCUT2D eigenvalue weighted by Crippen LogP contribution is 2.67. The van der Waals surface area contributed by atoms with Gasteiger partial charge in [-0.15, -0.1) is 6.42 Å². The highest BCUT2D eigenvalue weighted by molar-refractivity contribution is 7.98. The summed E-state index contributed by atoms with van der Waals surface area (Å²) >= 11 is 1.50. The zero-order chi connectivity index (χ0) is 31.6. The van der Waals surface area contributed by atoms with Gasteiger partial charge in [0.1, 0.15) is 17.7 Å². The number of nitrogens with zero attached hydrogens (tertiary/aromatic N) is 1. The number of carbonyl (C=O) groups is 3. The van der Waals surface area contributed by atoms with Gasteiger partial charge in [0.15, 0.2) is 6.61 Å². The van der Waals surface area contributed by atoms with Crippen LogP contribution in [0.4, 0.5) is 0 Å². The molecule has 4 aliphatic rings. The topological polar surface area (TPSA) is 137 Å². The molecule has 43 heavy (non-hydrogen) atoms. The van der Waals surface area contributed by atoms with Crippen molar-refractivity contribution >= 4 is 35.3 Å². The number of rotatable bonds is 11. The number of hydrogen-bond donors (Lipinski definition) is 4. The number of carbonyl (C=O) groups excluding carboxylic acids is 2. The van der Waals surface area contributed by atoms with Crippen molar-refractivity contribution < 1.29 is 29.4 Å². The van der Waals surface area contributed by atoms with Crippen molar-refractivity contribution in [3.63, 3.8) is 0 Å². The molecule has 0 bridgehead atoms. The summed E-state index contributed by atoms with van der Waals surface area (Å²) in [6.07, 6.45) is 17.6. The number of carboxylic acids is 1. The molecule has 0 aromatic carbocycles. The second kappa shape index (κ2) is 13.2. The number of aliphatic carboxylic acids is 1. The van der Waals surface area contributed by atoms with Crippen molar-refractivity contribution in [3.8, 4) is 12.3 Å². The Hall–Kier alpha value is -2.51. The molecule has 0 radical (unpaired) electrons. The van der Waals surface area contributed by atoms with Gasteiger partial charge in [-0.05, 0) is 105 Å². The first kappa shape index (κ1) is 33.4. The molecule has 8 atom stereocenters. The zero-order valence-corrected chi connectivity index (χ0v) is 27.1. The van der Waals surface area contributed by atoms with E-state index in [4.69, 9.17) is 11.3 Å². The number of allylic oxidation sites excluding steroid dienone is 2. The average Bonchev–Trinajstić information content (AvgIpc) is 3.24. The number of nitrogens with one attached hydrogen (secondary N) is 2. The lowest BCUT2D eigenvalue weighted by molar-refractivity contribution is -0.142. The third kappa shape index (κ3) is 6.49. The van der Waals surface area contributed by atoms with Crippen molar-refractivity contribution in [3.05, 3.63) is 11.6 Å². The molecule has 2 amide bonds. The lowest BCUT2D eigenvalue weighted by Gasteiger charge is -2.58. The van der Waals surface area contributed by atoms with Gasteiger partial charge in [0, 0.05) is 5.41 Å². The summed E-state index contributed by atoms with van der Waals surface area (Å²) in [7, 11) is 0. The van der Waals surface area contributed by atoms with Crippen molar-refractivity contribution in [1.82, 2.24) is 10.6 Å². The number of amides is 2. The van der Waals surface area contributed by atoms with Crippen LogP contribution in [0.5, 0.6) is 0 Å². The Bertz CT molecular complexity index is 1200. The highest BCUT2D eigenvalue weighted by atomic mass is 32.2. The molecule has 10 heteroatoms. The van der Waals surface area contributed by atoms with E-state index in [-0.39, 0.29) is 23.4 Å². The van der Waals surface area contributed by atoms with E-state index in [0.717, 1.165) is 50.7 Å². The Morgan fingerprint density at radius 3 is 2.51 bits per heavy atom. The number of fused-ring (bicyclic) bond motifs is 5. The van der Waals surface area contributed by atoms with Crippen LogP contribution in [0.25, 0.3) is 0 Å². The van der Waals surface area contributed by atoms with Gasteiger partial charge >= 0.3 is 5.97 Å². The predicted octanol–water partition coefficient (Wildman–Crippen LogP) is 4.15. The second-order valence-electron chi connectivity index (χ2n) is 13.8. The molecule has 2 unspecified atom stereocenters. The Labute approximate surface area is 260 Å². The molecule has 238 valence electrons. The first-order valence-electron chi connectivity index (χ1n) is 15.7. The van der Waals surface area contributed by atoms with E-state index in [1.165, 1.54) is 17.3 Å². The van der Waals surface area contributed by atoms with E-state index in [1.54, 1.807) is 13.8 Å². The lowest BCUT2D eigenvalue weighted by atomic mass is 9.46. The minimum Gasteiger partial charge on any atom is -0.480 e. The van der Waals surface area contributed by atoms with Crippen molar-refractivity contribution in [2.24, 2.45) is 39.7 Å². The van der Waals surface area contributed by atoms with Gasteiger partial charge < -0.3 is 25.7 Å². The first-order valence-corrected chi connectivity index (χ1v) is 17.1. The van der Waals surface area contributed by atoms with Gasteiger partial charge in [-0.3, -0.25) is 9.59 Å². The number of terminal acetylenes is 1. The van der Waals surface area contributed by atoms with E-state index < -0.39 is 35.5 Å². The molecule has 4 N–H and O–H groups in total. The molecule has 0 aliphatic heterocycles. The molecule has 0 aromatic rings. The molecule has 9 nitrogen and oxygen atoms in total. The maximum Gasteiger partial charge on any atom is 0.326 e. The molecule has 0 heterocycles. The fourth-order valence-corrected chi connectivity index (χ4v) is 9.05. The fourth-order valence-electron chi connectivity index (χ4n) is 8.57. The van der Waals surface area contributed by atoms with Crippen LogP contribution in [0.2, 0.25) is 0 Å². The van der Waals surface area contributed by atoms with E-state index in [9.17, 15) is 24.6 Å². The number of aliphatic hydroxyl groups is 1. The third-order valence-corrected chi connectivity index (χ3v) is 11.9. The average molecular weight is 616 g/mol. The molecule has 4 rings (SSSR count). The molecular weight excluding hydrogens is 566 g/mol. The molecule has 3 saturated carbocycles. The van der Waals surface area contributed by atoms with Crippen molar-refractivity contribution in [1.29, 1.82) is 0 Å². The van der Waals surface area contributed by atoms with Crippen LogP contribution in [0, 0.1) is 46.8 Å². The van der Waals surface area contributed by atoms with Crippen LogP contribution in [0.3, 0.4) is 0 Å². The van der Waals surface area contributed by atoms with E-state index in [2.05, 4.69) is 41.6 Å². The Morgan fingerprint density at radius 2 is 1.86 bits per heavy atom. The van der Waals surface area contributed by atoms with Gasteiger partial charge in [0.05, 0.1) is 5.71 Å². The number of carboxylic acid groups (broad SMARTS) is 1. The van der Waals surface area contributed by atoms with Gasteiger partial charge in [-0.2, -0.15) is 11.8 Å². The normalized spacial score (nSPS) is 35.4. The van der Waals surface area contributed by atoms with Gasteiger partial charge in [0.25, 0.3) is 5.91 Å². The van der Waals surface area contributed by atoms with Crippen LogP contribution in [-0.2, 0) is 19.2 Å². The molecule has 0 saturated heterocycles. The molecule has 3 fully saturated rings. The summed E-state index contributed by atoms with van der Waals surface area (Å²) in [6, 6.07) is -1.90. The maximum atomic E-state index is 12.8. The largest absolute Gasteiger partial charge is 0.480 e. The lowest BCUT2D eigenvalue weighted by Crippen LogP contribution is -2.54. The number of oxime groups is 1. The van der Waals surface area contributed by atoms with E-state index >= 15 is 0 Å². The maximum absolute atomic E-state index is 12.8. The molecule has 0 spiro atoms. The summed E-state index contributed by atoms with van der Waals surface area (Å²) < 4.78 is 0. The van der Waals surface area contributed by atoms with Crippen LogP contribution in [0.15, 0.2) is 16.8 Å². The summed E-state index contributed by atoms with van der Waals surface area (Å²) in [4.78, 5) is 42.5. The number of thioether (sulfide) groups is 1. The summed E-state index contributed by atoms with van der Waals surface area (Å²) in [5.41, 5.74) is 1.09. The van der Waals surface area contributed by atoms with Gasteiger partial charge in [-0.1, -0.05) is 44.3 Å². The molecular formula is C33H49N3O6S. The number of hydrogen-bond acceptors (Lipinski definition) is 7. The van der Waals surface area contributed by atoms with Crippen LogP contribution >= 0.6 is 11.8 Å². The Balaban J connectivity index is 1.34. The second-order valence-corrected chi connectivity index (χ2v) is 14.8. The smallest absolute Gasteiger partial charge is 0.326 e. The Morgan fingerprint density at radius 1 is 1.14 bits per heavy atom. The monoisotopic (exact) mass is 615 g/mol. The van der Waals surface area contributed by atoms with Crippen molar-refractivity contribution in [2.75, 3.05) is 18.6 Å². The van der Waals surface area contributed by atoms with E-state index in [0.29, 0.717) is 36.3 Å². The molecule has 0 aromatic heterocycles. The van der Waals surface area contributed by atoms with Crippen LogP contribution in [-0.4, -0.2) is 70.0 Å². The van der Waals surface area contributed by atoms with Crippen LogP contribution in [0.1, 0.15) is 85.5 Å². The third-order valence-electron chi connectivity index (χ3n) is 11.2. The summed E-state index contributed by atoms with van der Waals surface area (Å²) in [5.74, 6) is 2.55. The highest BCUT2D eigenvalue weighted by Gasteiger charge is 2.63. The zero-order valence-electron chi connectivity index (χ0n) is 26.3. The standard InChI is InChI=1S/C33H49N3O6S/c1-7-33(41)16-12-25-23-9-8-21-18-22(10-14-31(21,4)24(23)11-15-32(25,33)5)36-42-19-27(37)35-28(20(2)3)29(38)34-26(30(39)40)13-17-43-6/h1,18,20,23-26,28,41H,8-17,19H2,2-6H3,(H,34,38)(H,35,37)(H,39,40)/b36-22+/t23-,24+,25+,26?,28?,31+,32+,33-/m1/s1. The Kier molecular flexibility index (Phi) is 10.3. The summed E-state index contributed by atoms with van der Waals surface area (Å²) in [6.45, 7) is 7.84. The first-order chi connectivity index (χ1) is 20.3. The molecule has 4 aliphatic carbocycles. The van der Waals surface area contributed by atoms with E-state index in [1.807, 2.05) is 6.26 Å². The van der Waals surface area contributed by atoms with Crippen molar-refractivity contribution in [2.45, 2.75) is 103 Å².